The Morgan fingerprint density at radius 1 is 1.57 bits per heavy atom. The molecule has 0 fully saturated rings. The molecule has 0 atom stereocenters. The topological polar surface area (TPSA) is 62.2 Å². The maximum atomic E-state index is 10.7. The lowest BCUT2D eigenvalue weighted by Gasteiger charge is -1.96. The molecular weight excluding hydrogens is 200 g/mol. The number of anilines is 1. The first-order chi connectivity index (χ1) is 6.72. The van der Waals surface area contributed by atoms with Gasteiger partial charge in [0.15, 0.2) is 0 Å². The van der Waals surface area contributed by atoms with Gasteiger partial charge < -0.3 is 10.4 Å². The smallest absolute Gasteiger partial charge is 0.335 e. The van der Waals surface area contributed by atoms with Crippen LogP contribution < -0.4 is 5.32 Å². The van der Waals surface area contributed by atoms with E-state index < -0.39 is 5.97 Å². The Labute approximate surface area is 84.3 Å². The van der Waals surface area contributed by atoms with Gasteiger partial charge in [-0.25, -0.2) is 4.79 Å². The molecule has 2 N–H and O–H groups in total. The number of nitrogens with zero attached hydrogens (tertiary/aromatic N) is 1. The van der Waals surface area contributed by atoms with Crippen molar-refractivity contribution in [1.82, 2.24) is 4.37 Å². The number of aromatic nitrogens is 1. The van der Waals surface area contributed by atoms with Crippen molar-refractivity contribution in [2.45, 2.75) is 0 Å². The monoisotopic (exact) mass is 208 g/mol. The SMILES string of the molecule is CNc1nsc2ccc(C(=O)O)cc12. The maximum Gasteiger partial charge on any atom is 0.335 e. The fourth-order valence-electron chi connectivity index (χ4n) is 1.25. The van der Waals surface area contributed by atoms with Crippen molar-refractivity contribution in [2.75, 3.05) is 12.4 Å². The molecule has 0 amide bonds. The molecular formula is C9H8N2O2S. The van der Waals surface area contributed by atoms with E-state index in [2.05, 4.69) is 9.69 Å². The number of aromatic carboxylic acids is 1. The van der Waals surface area contributed by atoms with Crippen LogP contribution in [0, 0.1) is 0 Å². The van der Waals surface area contributed by atoms with E-state index in [1.165, 1.54) is 11.5 Å². The molecule has 0 unspecified atom stereocenters. The summed E-state index contributed by atoms with van der Waals surface area (Å²) in [6, 6.07) is 4.99. The van der Waals surface area contributed by atoms with Gasteiger partial charge in [-0.2, -0.15) is 4.37 Å². The van der Waals surface area contributed by atoms with Gasteiger partial charge >= 0.3 is 5.97 Å². The normalized spacial score (nSPS) is 10.4. The number of carbonyl (C=O) groups is 1. The van der Waals surface area contributed by atoms with Crippen molar-refractivity contribution < 1.29 is 9.90 Å². The predicted molar refractivity (Wildman–Crippen MR) is 56.1 cm³/mol. The third-order valence-electron chi connectivity index (χ3n) is 1.95. The largest absolute Gasteiger partial charge is 0.478 e. The number of rotatable bonds is 2. The number of hydrogen-bond acceptors (Lipinski definition) is 4. The number of carboxylic acid groups (broad SMARTS) is 1. The Hall–Kier alpha value is -1.62. The van der Waals surface area contributed by atoms with Crippen LogP contribution in [0.2, 0.25) is 0 Å². The van der Waals surface area contributed by atoms with E-state index in [9.17, 15) is 4.79 Å². The average Bonchev–Trinajstić information content (AvgIpc) is 2.59. The van der Waals surface area contributed by atoms with E-state index in [1.54, 1.807) is 25.2 Å². The summed E-state index contributed by atoms with van der Waals surface area (Å²) < 4.78 is 5.14. The lowest BCUT2D eigenvalue weighted by molar-refractivity contribution is 0.0697. The highest BCUT2D eigenvalue weighted by Gasteiger charge is 2.08. The van der Waals surface area contributed by atoms with Crippen LogP contribution in [0.5, 0.6) is 0 Å². The molecule has 5 heteroatoms. The molecule has 4 nitrogen and oxygen atoms in total. The van der Waals surface area contributed by atoms with Crippen molar-refractivity contribution in [1.29, 1.82) is 0 Å². The number of benzene rings is 1. The molecule has 1 heterocycles. The Morgan fingerprint density at radius 3 is 3.00 bits per heavy atom. The van der Waals surface area contributed by atoms with Crippen LogP contribution in [0.4, 0.5) is 5.82 Å². The Morgan fingerprint density at radius 2 is 2.36 bits per heavy atom. The Bertz CT molecular complexity index is 493. The molecule has 0 aliphatic rings. The summed E-state index contributed by atoms with van der Waals surface area (Å²) >= 11 is 1.35. The molecule has 0 aliphatic carbocycles. The van der Waals surface area contributed by atoms with Crippen LogP contribution in [0.3, 0.4) is 0 Å². The molecule has 0 spiro atoms. The summed E-state index contributed by atoms with van der Waals surface area (Å²) in [5.41, 5.74) is 0.286. The van der Waals surface area contributed by atoms with E-state index in [1.807, 2.05) is 0 Å². The molecule has 0 bridgehead atoms. The second-order valence-electron chi connectivity index (χ2n) is 2.80. The number of fused-ring (bicyclic) bond motifs is 1. The van der Waals surface area contributed by atoms with Gasteiger partial charge in [0.1, 0.15) is 5.82 Å². The average molecular weight is 208 g/mol. The number of nitrogens with one attached hydrogen (secondary N) is 1. The van der Waals surface area contributed by atoms with E-state index in [-0.39, 0.29) is 5.56 Å². The molecule has 0 saturated carbocycles. The minimum atomic E-state index is -0.917. The standard InChI is InChI=1S/C9H8N2O2S/c1-10-8-6-4-5(9(12)13)2-3-7(6)14-11-8/h2-4H,1H3,(H,10,11)(H,12,13). The minimum Gasteiger partial charge on any atom is -0.478 e. The zero-order valence-corrected chi connectivity index (χ0v) is 8.26. The van der Waals surface area contributed by atoms with Crippen molar-refractivity contribution in [3.63, 3.8) is 0 Å². The van der Waals surface area contributed by atoms with Crippen LogP contribution in [0.1, 0.15) is 10.4 Å². The molecule has 1 aromatic carbocycles. The molecule has 2 aromatic rings. The fraction of sp³-hybridized carbons (Fsp3) is 0.111. The molecule has 14 heavy (non-hydrogen) atoms. The summed E-state index contributed by atoms with van der Waals surface area (Å²) in [4.78, 5) is 10.7. The first kappa shape index (κ1) is 8.96. The predicted octanol–water partition coefficient (Wildman–Crippen LogP) is 2.04. The van der Waals surface area contributed by atoms with Gasteiger partial charge in [0.05, 0.1) is 10.3 Å². The van der Waals surface area contributed by atoms with Gasteiger partial charge in [-0.3, -0.25) is 0 Å². The maximum absolute atomic E-state index is 10.7. The summed E-state index contributed by atoms with van der Waals surface area (Å²) in [5.74, 6) is -0.187. The van der Waals surface area contributed by atoms with E-state index >= 15 is 0 Å². The van der Waals surface area contributed by atoms with Crippen LogP contribution in [-0.2, 0) is 0 Å². The fourth-order valence-corrected chi connectivity index (χ4v) is 2.01. The number of carboxylic acids is 1. The highest BCUT2D eigenvalue weighted by molar-refractivity contribution is 7.13. The lowest BCUT2D eigenvalue weighted by atomic mass is 10.2. The third-order valence-corrected chi connectivity index (χ3v) is 2.78. The van der Waals surface area contributed by atoms with Crippen molar-refractivity contribution >= 4 is 33.4 Å². The summed E-state index contributed by atoms with van der Waals surface area (Å²) in [6.45, 7) is 0. The number of hydrogen-bond donors (Lipinski definition) is 2. The highest BCUT2D eigenvalue weighted by Crippen LogP contribution is 2.27. The van der Waals surface area contributed by atoms with E-state index in [0.29, 0.717) is 0 Å². The van der Waals surface area contributed by atoms with Gasteiger partial charge in [-0.05, 0) is 29.7 Å². The summed E-state index contributed by atoms with van der Waals surface area (Å²) in [7, 11) is 1.77. The van der Waals surface area contributed by atoms with Gasteiger partial charge in [-0.1, -0.05) is 0 Å². The van der Waals surface area contributed by atoms with Crippen molar-refractivity contribution in [3.8, 4) is 0 Å². The molecule has 2 rings (SSSR count). The second kappa shape index (κ2) is 3.26. The quantitative estimate of drug-likeness (QED) is 0.792. The third kappa shape index (κ3) is 1.31. The molecule has 1 aromatic heterocycles. The van der Waals surface area contributed by atoms with Crippen LogP contribution in [-0.4, -0.2) is 22.5 Å². The van der Waals surface area contributed by atoms with E-state index in [0.717, 1.165) is 15.9 Å². The summed E-state index contributed by atoms with van der Waals surface area (Å²) in [6.07, 6.45) is 0. The van der Waals surface area contributed by atoms with Crippen molar-refractivity contribution in [2.24, 2.45) is 0 Å². The van der Waals surface area contributed by atoms with Gasteiger partial charge in [0.25, 0.3) is 0 Å². The summed E-state index contributed by atoms with van der Waals surface area (Å²) in [5, 5.41) is 12.6. The van der Waals surface area contributed by atoms with E-state index in [4.69, 9.17) is 5.11 Å². The molecule has 0 saturated heterocycles. The highest BCUT2D eigenvalue weighted by atomic mass is 32.1. The molecule has 72 valence electrons. The molecule has 0 radical (unpaired) electrons. The van der Waals surface area contributed by atoms with Crippen LogP contribution in [0.15, 0.2) is 18.2 Å². The zero-order chi connectivity index (χ0) is 10.1. The lowest BCUT2D eigenvalue weighted by Crippen LogP contribution is -1.95. The van der Waals surface area contributed by atoms with Crippen LogP contribution in [0.25, 0.3) is 10.1 Å². The molecule has 0 aliphatic heterocycles. The Balaban J connectivity index is 2.67. The zero-order valence-electron chi connectivity index (χ0n) is 7.44. The minimum absolute atomic E-state index is 0.286. The first-order valence-electron chi connectivity index (χ1n) is 4.03. The Kier molecular flexibility index (Phi) is 2.09. The first-order valence-corrected chi connectivity index (χ1v) is 4.80. The van der Waals surface area contributed by atoms with Crippen LogP contribution >= 0.6 is 11.5 Å². The van der Waals surface area contributed by atoms with Crippen molar-refractivity contribution in [3.05, 3.63) is 23.8 Å². The second-order valence-corrected chi connectivity index (χ2v) is 3.60. The van der Waals surface area contributed by atoms with Gasteiger partial charge in [0, 0.05) is 12.4 Å². The van der Waals surface area contributed by atoms with Gasteiger partial charge in [0.2, 0.25) is 0 Å². The van der Waals surface area contributed by atoms with Gasteiger partial charge in [-0.15, -0.1) is 0 Å².